The molecule has 1 aliphatic heterocycles. The molecule has 43 heavy (non-hydrogen) atoms. The number of carbonyl (C=O) groups excluding carboxylic acids is 3. The molecule has 1 aliphatic rings. The van der Waals surface area contributed by atoms with Gasteiger partial charge in [-0.15, -0.1) is 0 Å². The van der Waals surface area contributed by atoms with Crippen LogP contribution in [0.25, 0.3) is 16.6 Å². The van der Waals surface area contributed by atoms with Gasteiger partial charge in [0.05, 0.1) is 41.3 Å². The molecule has 0 saturated heterocycles. The van der Waals surface area contributed by atoms with Gasteiger partial charge in [-0.1, -0.05) is 43.0 Å². The van der Waals surface area contributed by atoms with Crippen LogP contribution in [0.5, 0.6) is 5.88 Å². The Balaban J connectivity index is 1.54. The highest BCUT2D eigenvalue weighted by Gasteiger charge is 2.31. The summed E-state index contributed by atoms with van der Waals surface area (Å²) in [5.41, 5.74) is 0.972. The fraction of sp³-hybridized carbons (Fsp3) is 0.129. The van der Waals surface area contributed by atoms with Crippen molar-refractivity contribution in [2.45, 2.75) is 13.8 Å². The van der Waals surface area contributed by atoms with Crippen molar-refractivity contribution in [1.29, 1.82) is 5.26 Å². The van der Waals surface area contributed by atoms with Crippen LogP contribution in [0.3, 0.4) is 0 Å². The van der Waals surface area contributed by atoms with E-state index >= 15 is 0 Å². The van der Waals surface area contributed by atoms with Crippen molar-refractivity contribution in [3.63, 3.8) is 0 Å². The first-order valence-electron chi connectivity index (χ1n) is 12.9. The third-order valence-corrected chi connectivity index (χ3v) is 5.90. The Labute approximate surface area is 246 Å². The van der Waals surface area contributed by atoms with E-state index in [1.54, 1.807) is 50.2 Å². The van der Waals surface area contributed by atoms with Gasteiger partial charge in [-0.3, -0.25) is 4.79 Å². The lowest BCUT2D eigenvalue weighted by molar-refractivity contribution is -0.278. The number of esters is 2. The number of hydrogen-bond donors (Lipinski definition) is 0. The minimum atomic E-state index is -0.574. The first kappa shape index (κ1) is 29.7. The van der Waals surface area contributed by atoms with Gasteiger partial charge in [0, 0.05) is 11.4 Å². The molecule has 0 radical (unpaired) electrons. The molecular weight excluding hydrogens is 552 g/mol. The van der Waals surface area contributed by atoms with E-state index in [9.17, 15) is 24.8 Å². The fourth-order valence-corrected chi connectivity index (χ4v) is 3.96. The Morgan fingerprint density at radius 2 is 1.65 bits per heavy atom. The van der Waals surface area contributed by atoms with E-state index in [1.807, 2.05) is 6.07 Å². The van der Waals surface area contributed by atoms with E-state index in [4.69, 9.17) is 16.0 Å². The van der Waals surface area contributed by atoms with Gasteiger partial charge in [-0.25, -0.2) is 9.59 Å². The molecule has 2 aromatic carbocycles. The molecule has 0 bridgehead atoms. The van der Waals surface area contributed by atoms with E-state index in [-0.39, 0.29) is 52.7 Å². The number of rotatable bonds is 9. The van der Waals surface area contributed by atoms with Gasteiger partial charge in [0.2, 0.25) is 0 Å². The van der Waals surface area contributed by atoms with E-state index in [1.165, 1.54) is 42.5 Å². The van der Waals surface area contributed by atoms with E-state index in [0.29, 0.717) is 5.69 Å². The normalized spacial score (nSPS) is 13.8. The zero-order valence-electron chi connectivity index (χ0n) is 23.1. The first-order chi connectivity index (χ1) is 20.8. The molecule has 4 rings (SSSR count). The number of anilines is 1. The molecule has 0 N–H and O–H groups in total. The Bertz CT molecular complexity index is 1800. The summed E-state index contributed by atoms with van der Waals surface area (Å²) in [6.45, 7) is 11.2. The standard InChI is InChI=1S/C31H24N6O6/c1-4-42-30(40)20-11-9-13-22(17-20)36-28(38)24(26(19-32)34-36)15-7-6-8-16-25-27(33-3)35-37(29(25)39)23-14-10-12-21(18-23)31(41)43-5-2/h6-18,39H,4-5H2,1-2H3/p-1/b7-6+,16-8+,24-15-. The fourth-order valence-electron chi connectivity index (χ4n) is 3.96. The number of carbonyl (C=O) groups is 3. The summed E-state index contributed by atoms with van der Waals surface area (Å²) in [5, 5.41) is 31.8. The molecule has 2 heterocycles. The Kier molecular flexibility index (Phi) is 9.25. The van der Waals surface area contributed by atoms with Crippen LogP contribution in [0, 0.1) is 17.9 Å². The Hall–Kier alpha value is -6.27. The van der Waals surface area contributed by atoms with Crippen molar-refractivity contribution < 1.29 is 29.0 Å². The number of nitriles is 1. The third kappa shape index (κ3) is 6.39. The van der Waals surface area contributed by atoms with Crippen molar-refractivity contribution in [3.05, 3.63) is 107 Å². The molecular formula is C31H23N6O6-. The first-order valence-corrected chi connectivity index (χ1v) is 12.9. The van der Waals surface area contributed by atoms with Gasteiger partial charge in [0.25, 0.3) is 5.91 Å². The van der Waals surface area contributed by atoms with Crippen molar-refractivity contribution in [2.24, 2.45) is 5.10 Å². The number of amides is 1. The second-order valence-electron chi connectivity index (χ2n) is 8.61. The zero-order chi connectivity index (χ0) is 30.9. The summed E-state index contributed by atoms with van der Waals surface area (Å²) >= 11 is 0. The molecule has 0 unspecified atom stereocenters. The number of nitrogens with zero attached hydrogens (tertiary/aromatic N) is 6. The van der Waals surface area contributed by atoms with Crippen molar-refractivity contribution in [1.82, 2.24) is 9.78 Å². The lowest BCUT2D eigenvalue weighted by atomic mass is 10.1. The quantitative estimate of drug-likeness (QED) is 0.159. The van der Waals surface area contributed by atoms with Crippen LogP contribution >= 0.6 is 0 Å². The predicted octanol–water partition coefficient (Wildman–Crippen LogP) is 4.27. The third-order valence-electron chi connectivity index (χ3n) is 5.90. The van der Waals surface area contributed by atoms with Gasteiger partial charge in [0.1, 0.15) is 6.07 Å². The highest BCUT2D eigenvalue weighted by Crippen LogP contribution is 2.30. The summed E-state index contributed by atoms with van der Waals surface area (Å²) in [6.07, 6.45) is 7.25. The summed E-state index contributed by atoms with van der Waals surface area (Å²) in [4.78, 5) is 40.5. The summed E-state index contributed by atoms with van der Waals surface area (Å²) < 4.78 is 11.0. The second-order valence-corrected chi connectivity index (χ2v) is 8.61. The zero-order valence-corrected chi connectivity index (χ0v) is 23.1. The molecule has 0 spiro atoms. The number of benzene rings is 2. The average molecular weight is 576 g/mol. The SMILES string of the molecule is [C-]#[N+]c1nn(-c2cccc(C(=O)OCC)c2)c([O-])c1/C=C/C=C/C=C1\C(=O)N(c2cccc(C(=O)OCC)c2)N=C1C#N. The molecule has 3 aromatic rings. The minimum Gasteiger partial charge on any atom is -0.858 e. The smallest absolute Gasteiger partial charge is 0.338 e. The summed E-state index contributed by atoms with van der Waals surface area (Å²) in [5.74, 6) is -2.38. The van der Waals surface area contributed by atoms with E-state index in [0.717, 1.165) is 9.69 Å². The van der Waals surface area contributed by atoms with Crippen LogP contribution in [0.2, 0.25) is 0 Å². The van der Waals surface area contributed by atoms with Gasteiger partial charge >= 0.3 is 17.8 Å². The molecule has 0 fully saturated rings. The molecule has 214 valence electrons. The van der Waals surface area contributed by atoms with E-state index in [2.05, 4.69) is 15.0 Å². The Morgan fingerprint density at radius 1 is 1.02 bits per heavy atom. The molecule has 0 saturated carbocycles. The predicted molar refractivity (Wildman–Crippen MR) is 154 cm³/mol. The summed E-state index contributed by atoms with van der Waals surface area (Å²) in [6, 6.07) is 14.2. The maximum absolute atomic E-state index is 13.0. The number of aromatic nitrogens is 2. The molecule has 0 atom stereocenters. The van der Waals surface area contributed by atoms with Gasteiger partial charge in [-0.2, -0.15) is 20.1 Å². The molecule has 12 heteroatoms. The molecule has 0 aliphatic carbocycles. The largest absolute Gasteiger partial charge is 0.858 e. The van der Waals surface area contributed by atoms with Gasteiger partial charge < -0.3 is 19.4 Å². The van der Waals surface area contributed by atoms with Crippen LogP contribution in [0.1, 0.15) is 40.1 Å². The average Bonchev–Trinajstić information content (AvgIpc) is 3.52. The maximum atomic E-state index is 13.0. The maximum Gasteiger partial charge on any atom is 0.338 e. The van der Waals surface area contributed by atoms with Crippen LogP contribution in [0.4, 0.5) is 11.5 Å². The number of ether oxygens (including phenoxy) is 2. The lowest BCUT2D eigenvalue weighted by Gasteiger charge is -2.12. The van der Waals surface area contributed by atoms with Crippen molar-refractivity contribution >= 4 is 41.1 Å². The van der Waals surface area contributed by atoms with Crippen LogP contribution in [0.15, 0.2) is 83.5 Å². The molecule has 1 amide bonds. The monoisotopic (exact) mass is 575 g/mol. The lowest BCUT2D eigenvalue weighted by Crippen LogP contribution is -2.21. The number of hydrazone groups is 1. The van der Waals surface area contributed by atoms with Crippen molar-refractivity contribution in [2.75, 3.05) is 18.2 Å². The number of allylic oxidation sites excluding steroid dienone is 4. The van der Waals surface area contributed by atoms with Crippen LogP contribution < -0.4 is 10.1 Å². The Morgan fingerprint density at radius 3 is 2.26 bits per heavy atom. The van der Waals surface area contributed by atoms with E-state index < -0.39 is 23.7 Å². The van der Waals surface area contributed by atoms with Crippen molar-refractivity contribution in [3.8, 4) is 17.6 Å². The van der Waals surface area contributed by atoms with Crippen LogP contribution in [-0.4, -0.2) is 46.6 Å². The highest BCUT2D eigenvalue weighted by atomic mass is 16.5. The minimum absolute atomic E-state index is 0.0225. The molecule has 1 aromatic heterocycles. The second kappa shape index (κ2) is 13.4. The number of hydrogen-bond acceptors (Lipinski definition) is 9. The summed E-state index contributed by atoms with van der Waals surface area (Å²) in [7, 11) is 0. The highest BCUT2D eigenvalue weighted by molar-refractivity contribution is 6.35. The van der Waals surface area contributed by atoms with Gasteiger partial charge in [-0.05, 0) is 61.4 Å². The van der Waals surface area contributed by atoms with Gasteiger partial charge in [0.15, 0.2) is 5.71 Å². The topological polar surface area (TPSA) is 154 Å². The molecule has 12 nitrogen and oxygen atoms in total. The van der Waals surface area contributed by atoms with Crippen LogP contribution in [-0.2, 0) is 14.3 Å².